The lowest BCUT2D eigenvalue weighted by molar-refractivity contribution is -0.128. The number of hydrogen-bond acceptors (Lipinski definition) is 3. The van der Waals surface area contributed by atoms with Gasteiger partial charge < -0.3 is 9.80 Å². The molecule has 0 radical (unpaired) electrons. The van der Waals surface area contributed by atoms with Crippen molar-refractivity contribution in [2.24, 2.45) is 5.92 Å². The van der Waals surface area contributed by atoms with E-state index in [9.17, 15) is 13.6 Å². The maximum atomic E-state index is 14.6. The van der Waals surface area contributed by atoms with Crippen molar-refractivity contribution in [3.63, 3.8) is 0 Å². The van der Waals surface area contributed by atoms with Crippen molar-refractivity contribution in [1.82, 2.24) is 15.1 Å². The molecule has 0 bridgehead atoms. The number of nitrogens with zero attached hydrogens (tertiary/aromatic N) is 3. The van der Waals surface area contributed by atoms with E-state index in [0.717, 1.165) is 32.4 Å². The van der Waals surface area contributed by atoms with Gasteiger partial charge in [-0.3, -0.25) is 9.89 Å². The van der Waals surface area contributed by atoms with Crippen molar-refractivity contribution in [1.29, 1.82) is 0 Å². The van der Waals surface area contributed by atoms with Crippen LogP contribution >= 0.6 is 0 Å². The highest BCUT2D eigenvalue weighted by Gasteiger charge is 2.27. The normalized spacial score (nSPS) is 18.8. The minimum atomic E-state index is -0.451. The minimum absolute atomic E-state index is 0.211. The summed E-state index contributed by atoms with van der Waals surface area (Å²) >= 11 is 0. The van der Waals surface area contributed by atoms with Gasteiger partial charge in [-0.1, -0.05) is 0 Å². The number of amides is 1. The first-order valence-corrected chi connectivity index (χ1v) is 9.13. The Labute approximate surface area is 151 Å². The summed E-state index contributed by atoms with van der Waals surface area (Å²) in [4.78, 5) is 15.6. The van der Waals surface area contributed by atoms with Crippen LogP contribution in [-0.4, -0.2) is 47.2 Å². The number of anilines is 1. The fraction of sp³-hybridized carbons (Fsp3) is 0.474. The third-order valence-corrected chi connectivity index (χ3v) is 5.45. The number of hydrogen-bond donors (Lipinski definition) is 1. The van der Waals surface area contributed by atoms with Crippen LogP contribution in [0.2, 0.25) is 0 Å². The molecule has 1 aromatic heterocycles. The van der Waals surface area contributed by atoms with Crippen molar-refractivity contribution >= 4 is 11.6 Å². The van der Waals surface area contributed by atoms with E-state index >= 15 is 0 Å². The van der Waals surface area contributed by atoms with Crippen LogP contribution < -0.4 is 4.90 Å². The van der Waals surface area contributed by atoms with Crippen LogP contribution in [0.3, 0.4) is 0 Å². The van der Waals surface area contributed by atoms with Gasteiger partial charge in [-0.25, -0.2) is 8.78 Å². The summed E-state index contributed by atoms with van der Waals surface area (Å²) in [6.45, 7) is 3.00. The molecular weight excluding hydrogens is 338 g/mol. The summed E-state index contributed by atoms with van der Waals surface area (Å²) in [5, 5.41) is 6.40. The molecule has 0 unspecified atom stereocenters. The summed E-state index contributed by atoms with van der Waals surface area (Å²) in [7, 11) is 0. The first-order chi connectivity index (χ1) is 12.6. The molecule has 4 rings (SSSR count). The number of likely N-dealkylation sites (tertiary alicyclic amines) is 1. The molecule has 0 atom stereocenters. The first kappa shape index (κ1) is 17.0. The molecule has 1 N–H and O–H groups in total. The second kappa shape index (κ2) is 7.05. The largest absolute Gasteiger partial charge is 0.369 e. The molecule has 2 fully saturated rings. The summed E-state index contributed by atoms with van der Waals surface area (Å²) in [6, 6.07) is 2.52. The third kappa shape index (κ3) is 3.30. The van der Waals surface area contributed by atoms with Gasteiger partial charge in [-0.2, -0.15) is 5.10 Å². The number of carbonyl (C=O) groups is 1. The van der Waals surface area contributed by atoms with Crippen LogP contribution in [0, 0.1) is 17.6 Å². The van der Waals surface area contributed by atoms with Gasteiger partial charge in [0.1, 0.15) is 11.6 Å². The molecule has 1 amide bonds. The topological polar surface area (TPSA) is 52.2 Å². The highest BCUT2D eigenvalue weighted by Crippen LogP contribution is 2.32. The number of carbonyl (C=O) groups excluding carboxylic acids is 1. The smallest absolute Gasteiger partial charge is 0.222 e. The lowest BCUT2D eigenvalue weighted by atomic mass is 9.95. The van der Waals surface area contributed by atoms with E-state index in [-0.39, 0.29) is 11.5 Å². The Morgan fingerprint density at radius 3 is 2.62 bits per heavy atom. The number of piperidine rings is 1. The van der Waals surface area contributed by atoms with E-state index in [1.807, 2.05) is 9.80 Å². The highest BCUT2D eigenvalue weighted by atomic mass is 19.1. The molecule has 1 aromatic carbocycles. The number of nitrogens with one attached hydrogen (secondary N) is 1. The maximum absolute atomic E-state index is 14.6. The van der Waals surface area contributed by atoms with Crippen molar-refractivity contribution in [3.05, 3.63) is 36.2 Å². The number of aromatic nitrogens is 2. The predicted octanol–water partition coefficient (Wildman–Crippen LogP) is 3.19. The molecule has 2 saturated heterocycles. The molecular formula is C19H22F2N4O. The van der Waals surface area contributed by atoms with Crippen LogP contribution in [0.5, 0.6) is 0 Å². The molecule has 0 spiro atoms. The molecule has 5 nitrogen and oxygen atoms in total. The highest BCUT2D eigenvalue weighted by molar-refractivity contribution is 5.78. The van der Waals surface area contributed by atoms with E-state index in [4.69, 9.17) is 0 Å². The third-order valence-electron chi connectivity index (χ3n) is 5.45. The van der Waals surface area contributed by atoms with Crippen LogP contribution in [-0.2, 0) is 4.79 Å². The van der Waals surface area contributed by atoms with Crippen molar-refractivity contribution in [2.45, 2.75) is 25.7 Å². The van der Waals surface area contributed by atoms with E-state index < -0.39 is 11.6 Å². The Morgan fingerprint density at radius 1 is 1.15 bits per heavy atom. The first-order valence-electron chi connectivity index (χ1n) is 9.13. The number of rotatable bonds is 4. The molecule has 0 aliphatic carbocycles. The number of aromatic amines is 1. The Bertz CT molecular complexity index is 785. The van der Waals surface area contributed by atoms with Gasteiger partial charge in [-0.15, -0.1) is 0 Å². The second-order valence-corrected chi connectivity index (χ2v) is 7.14. The summed E-state index contributed by atoms with van der Waals surface area (Å²) in [5.41, 5.74) is 1.05. The molecule has 26 heavy (non-hydrogen) atoms. The maximum Gasteiger partial charge on any atom is 0.222 e. The monoisotopic (exact) mass is 360 g/mol. The fourth-order valence-corrected chi connectivity index (χ4v) is 3.96. The summed E-state index contributed by atoms with van der Waals surface area (Å²) in [5.74, 6) is -0.190. The minimum Gasteiger partial charge on any atom is -0.369 e. The molecule has 138 valence electrons. The number of H-pyrrole nitrogens is 1. The van der Waals surface area contributed by atoms with Gasteiger partial charge in [0.25, 0.3) is 0 Å². The average molecular weight is 360 g/mol. The van der Waals surface area contributed by atoms with Gasteiger partial charge in [0, 0.05) is 56.0 Å². The Kier molecular flexibility index (Phi) is 4.61. The van der Waals surface area contributed by atoms with Gasteiger partial charge in [0.05, 0.1) is 11.9 Å². The van der Waals surface area contributed by atoms with E-state index in [1.54, 1.807) is 6.20 Å². The van der Waals surface area contributed by atoms with E-state index in [2.05, 4.69) is 10.2 Å². The number of benzene rings is 1. The van der Waals surface area contributed by atoms with Crippen LogP contribution in [0.15, 0.2) is 24.5 Å². The van der Waals surface area contributed by atoms with Crippen LogP contribution in [0.1, 0.15) is 25.7 Å². The molecule has 3 heterocycles. The fourth-order valence-electron chi connectivity index (χ4n) is 3.96. The molecule has 0 saturated carbocycles. The molecule has 7 heteroatoms. The molecule has 2 aliphatic heterocycles. The number of halogens is 2. The van der Waals surface area contributed by atoms with Gasteiger partial charge in [0.2, 0.25) is 5.91 Å². The lowest BCUT2D eigenvalue weighted by Gasteiger charge is -2.35. The summed E-state index contributed by atoms with van der Waals surface area (Å²) in [6.07, 6.45) is 6.39. The van der Waals surface area contributed by atoms with Crippen LogP contribution in [0.4, 0.5) is 14.5 Å². The predicted molar refractivity (Wildman–Crippen MR) is 94.7 cm³/mol. The standard InChI is InChI=1S/C19H22F2N4O/c20-16-9-18(17(21)8-15(16)14-10-22-23-11-14)24-6-3-13(4-7-24)12-25-5-1-2-19(25)26/h8-11,13H,1-7,12H2,(H,22,23). The van der Waals surface area contributed by atoms with Crippen LogP contribution in [0.25, 0.3) is 11.1 Å². The van der Waals surface area contributed by atoms with Crippen molar-refractivity contribution in [2.75, 3.05) is 31.1 Å². The molecule has 2 aromatic rings. The zero-order valence-electron chi connectivity index (χ0n) is 14.5. The molecule has 2 aliphatic rings. The SMILES string of the molecule is O=C1CCCN1CC1CCN(c2cc(F)c(-c3cn[nH]c3)cc2F)CC1. The quantitative estimate of drug-likeness (QED) is 0.911. The van der Waals surface area contributed by atoms with E-state index in [1.165, 1.54) is 18.3 Å². The van der Waals surface area contributed by atoms with Crippen molar-refractivity contribution in [3.8, 4) is 11.1 Å². The zero-order chi connectivity index (χ0) is 18.1. The van der Waals surface area contributed by atoms with Crippen molar-refractivity contribution < 1.29 is 13.6 Å². The lowest BCUT2D eigenvalue weighted by Crippen LogP contribution is -2.39. The van der Waals surface area contributed by atoms with Gasteiger partial charge in [0.15, 0.2) is 0 Å². The Hall–Kier alpha value is -2.44. The van der Waals surface area contributed by atoms with E-state index in [0.29, 0.717) is 36.7 Å². The second-order valence-electron chi connectivity index (χ2n) is 7.14. The van der Waals surface area contributed by atoms with Gasteiger partial charge >= 0.3 is 0 Å². The average Bonchev–Trinajstić information content (AvgIpc) is 3.30. The summed E-state index contributed by atoms with van der Waals surface area (Å²) < 4.78 is 29.1. The Balaban J connectivity index is 1.43. The zero-order valence-corrected chi connectivity index (χ0v) is 14.5. The Morgan fingerprint density at radius 2 is 1.96 bits per heavy atom. The van der Waals surface area contributed by atoms with Gasteiger partial charge in [-0.05, 0) is 31.2 Å².